The van der Waals surface area contributed by atoms with E-state index in [-0.39, 0.29) is 17.9 Å². The highest BCUT2D eigenvalue weighted by molar-refractivity contribution is 5.89. The lowest BCUT2D eigenvalue weighted by atomic mass is 9.87. The van der Waals surface area contributed by atoms with Gasteiger partial charge in [-0.2, -0.15) is 0 Å². The van der Waals surface area contributed by atoms with Crippen LogP contribution in [-0.4, -0.2) is 54.3 Å². The number of hydrogen-bond acceptors (Lipinski definition) is 9. The van der Waals surface area contributed by atoms with Crippen LogP contribution in [0.4, 0.5) is 0 Å². The number of nitrogens with zero attached hydrogens (tertiary/aromatic N) is 5. The Balaban J connectivity index is 0.959. The molecule has 1 fully saturated rings. The summed E-state index contributed by atoms with van der Waals surface area (Å²) in [6.45, 7) is 5.58. The van der Waals surface area contributed by atoms with Crippen LogP contribution in [0.5, 0.6) is 11.5 Å². The minimum atomic E-state index is -0.800. The predicted molar refractivity (Wildman–Crippen MR) is 216 cm³/mol. The van der Waals surface area contributed by atoms with Gasteiger partial charge < -0.3 is 41.6 Å². The van der Waals surface area contributed by atoms with Gasteiger partial charge in [0.2, 0.25) is 11.8 Å². The number of rotatable bonds is 10. The molecule has 2 aromatic heterocycles. The van der Waals surface area contributed by atoms with E-state index in [9.17, 15) is 9.59 Å². The SMILES string of the molecule is CCN(C(=O)[C@H](N)c1ccccc1)[C@@H](C)c1ncc(-c2cc3c4c(c2)OCc2cc(-c5cnc([C@@H]6CCCN6C(=O)[C@H](N)c6ccccc6)[nH]5)cc(c2-4)OC3)n1N. The number of nitrogens with one attached hydrogen (secondary N) is 1. The Bertz CT molecular complexity index is 2430. The normalized spacial score (nSPS) is 16.9. The number of carbonyl (C=O) groups excluding carboxylic acids is 2. The zero-order chi connectivity index (χ0) is 39.4. The number of imidazole rings is 2. The molecule has 290 valence electrons. The number of H-pyrrole nitrogens is 1. The third kappa shape index (κ3) is 6.28. The van der Waals surface area contributed by atoms with Crippen LogP contribution in [0, 0.1) is 0 Å². The van der Waals surface area contributed by atoms with E-state index in [0.717, 1.165) is 80.4 Å². The Morgan fingerprint density at radius 2 is 1.47 bits per heavy atom. The van der Waals surface area contributed by atoms with E-state index in [1.165, 1.54) is 4.68 Å². The quantitative estimate of drug-likeness (QED) is 0.120. The Labute approximate surface area is 330 Å². The lowest BCUT2D eigenvalue weighted by Crippen LogP contribution is -2.41. The lowest BCUT2D eigenvalue weighted by molar-refractivity contribution is -0.135. The summed E-state index contributed by atoms with van der Waals surface area (Å²) in [6.07, 6.45) is 5.23. The number of nitrogen functional groups attached to an aromatic ring is 1. The van der Waals surface area contributed by atoms with Gasteiger partial charge >= 0.3 is 0 Å². The van der Waals surface area contributed by atoms with Crippen molar-refractivity contribution in [2.75, 3.05) is 18.9 Å². The summed E-state index contributed by atoms with van der Waals surface area (Å²) >= 11 is 0. The molecule has 5 heterocycles. The largest absolute Gasteiger partial charge is 0.488 e. The number of carbonyl (C=O) groups is 2. The van der Waals surface area contributed by atoms with Crippen LogP contribution in [0.15, 0.2) is 97.3 Å². The number of ether oxygens (including phenoxy) is 2. The molecule has 57 heavy (non-hydrogen) atoms. The molecule has 0 unspecified atom stereocenters. The summed E-state index contributed by atoms with van der Waals surface area (Å²) in [6, 6.07) is 24.9. The van der Waals surface area contributed by atoms with Gasteiger partial charge in [0.15, 0.2) is 0 Å². The van der Waals surface area contributed by atoms with Crippen LogP contribution in [-0.2, 0) is 22.8 Å². The number of nitrogens with two attached hydrogens (primary N) is 3. The average Bonchev–Trinajstić information content (AvgIpc) is 4.03. The smallest absolute Gasteiger partial charge is 0.244 e. The molecule has 0 bridgehead atoms. The summed E-state index contributed by atoms with van der Waals surface area (Å²) in [5.74, 6) is 9.21. The third-order valence-corrected chi connectivity index (χ3v) is 11.6. The molecular weight excluding hydrogens is 719 g/mol. The fourth-order valence-corrected chi connectivity index (χ4v) is 8.57. The molecule has 0 aliphatic carbocycles. The van der Waals surface area contributed by atoms with Crippen LogP contribution in [0.25, 0.3) is 33.6 Å². The number of aromatic nitrogens is 4. The third-order valence-electron chi connectivity index (χ3n) is 11.6. The molecule has 6 aromatic rings. The van der Waals surface area contributed by atoms with Crippen molar-refractivity contribution in [3.63, 3.8) is 0 Å². The van der Waals surface area contributed by atoms with Crippen molar-refractivity contribution in [2.24, 2.45) is 11.5 Å². The second-order valence-corrected chi connectivity index (χ2v) is 14.9. The topological polar surface area (TPSA) is 184 Å². The maximum absolute atomic E-state index is 13.6. The average molecular weight is 764 g/mol. The Kier molecular flexibility index (Phi) is 9.26. The summed E-state index contributed by atoms with van der Waals surface area (Å²) in [7, 11) is 0. The Hall–Kier alpha value is -6.44. The van der Waals surface area contributed by atoms with E-state index in [1.54, 1.807) is 11.1 Å². The number of likely N-dealkylation sites (tertiary alicyclic amines) is 1. The first-order valence-electron chi connectivity index (χ1n) is 19.4. The van der Waals surface area contributed by atoms with Gasteiger partial charge in [-0.25, -0.2) is 14.6 Å². The maximum Gasteiger partial charge on any atom is 0.244 e. The predicted octanol–water partition coefficient (Wildman–Crippen LogP) is 6.08. The summed E-state index contributed by atoms with van der Waals surface area (Å²) < 4.78 is 14.4. The first kappa shape index (κ1) is 36.2. The number of amides is 2. The van der Waals surface area contributed by atoms with Crippen molar-refractivity contribution in [1.29, 1.82) is 0 Å². The molecule has 4 atom stereocenters. The molecule has 2 amide bonds. The molecular formula is C44H45N9O4. The van der Waals surface area contributed by atoms with E-state index in [4.69, 9.17) is 31.8 Å². The van der Waals surface area contributed by atoms with Crippen LogP contribution in [0.2, 0.25) is 0 Å². The molecule has 0 radical (unpaired) electrons. The van der Waals surface area contributed by atoms with Gasteiger partial charge in [0, 0.05) is 46.5 Å². The number of likely N-dealkylation sites (N-methyl/N-ethyl adjacent to an activating group) is 1. The van der Waals surface area contributed by atoms with E-state index in [0.29, 0.717) is 37.8 Å². The van der Waals surface area contributed by atoms with Crippen molar-refractivity contribution in [1.82, 2.24) is 29.4 Å². The molecule has 0 spiro atoms. The van der Waals surface area contributed by atoms with Crippen molar-refractivity contribution < 1.29 is 19.1 Å². The van der Waals surface area contributed by atoms with Crippen molar-refractivity contribution >= 4 is 11.8 Å². The van der Waals surface area contributed by atoms with Crippen LogP contribution < -0.4 is 26.8 Å². The highest BCUT2D eigenvalue weighted by Gasteiger charge is 2.36. The van der Waals surface area contributed by atoms with Gasteiger partial charge in [-0.15, -0.1) is 0 Å². The molecule has 13 nitrogen and oxygen atoms in total. The Morgan fingerprint density at radius 1 is 0.860 bits per heavy atom. The molecule has 7 N–H and O–H groups in total. The van der Waals surface area contributed by atoms with Gasteiger partial charge in [-0.3, -0.25) is 9.59 Å². The fourth-order valence-electron chi connectivity index (χ4n) is 8.57. The highest BCUT2D eigenvalue weighted by Crippen LogP contribution is 2.51. The van der Waals surface area contributed by atoms with E-state index < -0.39 is 18.1 Å². The zero-order valence-electron chi connectivity index (χ0n) is 31.9. The first-order valence-corrected chi connectivity index (χ1v) is 19.4. The number of hydrogen-bond donors (Lipinski definition) is 4. The number of aromatic amines is 1. The molecule has 3 aliphatic heterocycles. The molecule has 9 rings (SSSR count). The summed E-state index contributed by atoms with van der Waals surface area (Å²) in [5, 5.41) is 0. The second kappa shape index (κ2) is 14.6. The summed E-state index contributed by atoms with van der Waals surface area (Å²) in [4.78, 5) is 43.6. The zero-order valence-corrected chi connectivity index (χ0v) is 31.9. The minimum Gasteiger partial charge on any atom is -0.488 e. The molecule has 4 aromatic carbocycles. The van der Waals surface area contributed by atoms with E-state index in [2.05, 4.69) is 22.1 Å². The lowest BCUT2D eigenvalue weighted by Gasteiger charge is -2.31. The van der Waals surface area contributed by atoms with Gasteiger partial charge in [0.1, 0.15) is 48.4 Å². The second-order valence-electron chi connectivity index (χ2n) is 14.9. The van der Waals surface area contributed by atoms with Gasteiger partial charge in [0.25, 0.3) is 0 Å². The van der Waals surface area contributed by atoms with E-state index in [1.807, 2.05) is 97.7 Å². The van der Waals surface area contributed by atoms with Gasteiger partial charge in [-0.1, -0.05) is 60.7 Å². The number of benzene rings is 4. The minimum absolute atomic E-state index is 0.103. The molecule has 0 saturated carbocycles. The van der Waals surface area contributed by atoms with Crippen LogP contribution >= 0.6 is 0 Å². The molecule has 1 saturated heterocycles. The van der Waals surface area contributed by atoms with Crippen molar-refractivity contribution in [2.45, 2.75) is 64.1 Å². The van der Waals surface area contributed by atoms with Crippen LogP contribution in [0.1, 0.15) is 84.8 Å². The monoisotopic (exact) mass is 763 g/mol. The maximum atomic E-state index is 13.6. The van der Waals surface area contributed by atoms with E-state index >= 15 is 0 Å². The highest BCUT2D eigenvalue weighted by atomic mass is 16.5. The summed E-state index contributed by atoms with van der Waals surface area (Å²) in [5.41, 5.74) is 21.6. The van der Waals surface area contributed by atoms with Crippen LogP contribution in [0.3, 0.4) is 0 Å². The fraction of sp³-hybridized carbons (Fsp3) is 0.273. The Morgan fingerprint density at radius 3 is 2.12 bits per heavy atom. The van der Waals surface area contributed by atoms with Gasteiger partial charge in [-0.05, 0) is 62.1 Å². The molecule has 13 heteroatoms. The molecule has 3 aliphatic rings. The van der Waals surface area contributed by atoms with Crippen molar-refractivity contribution in [3.05, 3.63) is 131 Å². The van der Waals surface area contributed by atoms with Gasteiger partial charge in [0.05, 0.1) is 35.9 Å². The standard InChI is InChI=1S/C44H45N9O4/c1-3-51(43(54)39(45)26-11-6-4-7-12-26)25(2)42-49-22-34(53(42)47)29-18-31-24-56-35-19-28(17-30-23-57-36(20-29)38(31)37(30)35)32-21-48-41(50-32)33-15-10-16-52(33)44(55)40(46)27-13-8-5-9-14-27/h4-9,11-14,17-22,25,33,39-40H,3,10,15-16,23-24,45-47H2,1-2H3,(H,48,50)/t25-,33-,39+,40+/m0/s1. The van der Waals surface area contributed by atoms with Crippen molar-refractivity contribution in [3.8, 4) is 45.1 Å². The first-order chi connectivity index (χ1) is 27.7.